The normalized spacial score (nSPS) is 12.8. The Morgan fingerprint density at radius 1 is 1.67 bits per heavy atom. The van der Waals surface area contributed by atoms with Crippen molar-refractivity contribution in [3.8, 4) is 0 Å². The Morgan fingerprint density at radius 2 is 2.22 bits per heavy atom. The van der Waals surface area contributed by atoms with E-state index in [9.17, 15) is 4.79 Å². The molecule has 0 aromatic rings. The number of hydrogen-bond acceptors (Lipinski definition) is 2. The maximum absolute atomic E-state index is 10.4. The molecular weight excluding hydrogens is 116 g/mol. The van der Waals surface area contributed by atoms with Crippen LogP contribution in [0.3, 0.4) is 0 Å². The number of nitrogens with one attached hydrogen (secondary N) is 2. The minimum Gasteiger partial charge on any atom is -0.353 e. The van der Waals surface area contributed by atoms with Gasteiger partial charge >= 0.3 is 0 Å². The van der Waals surface area contributed by atoms with E-state index in [-0.39, 0.29) is 11.9 Å². The molecule has 0 heterocycles. The Kier molecular flexibility index (Phi) is 4.05. The average molecular weight is 130 g/mol. The smallest absolute Gasteiger partial charge is 0.217 e. The quantitative estimate of drug-likeness (QED) is 0.552. The fraction of sp³-hybridized carbons (Fsp3) is 0.833. The van der Waals surface area contributed by atoms with Crippen LogP contribution in [0.4, 0.5) is 0 Å². The van der Waals surface area contributed by atoms with Crippen LogP contribution in [0, 0.1) is 0 Å². The molecule has 9 heavy (non-hydrogen) atoms. The zero-order chi connectivity index (χ0) is 7.28. The Labute approximate surface area is 55.8 Å². The molecule has 1 amide bonds. The van der Waals surface area contributed by atoms with Gasteiger partial charge in [-0.1, -0.05) is 0 Å². The summed E-state index contributed by atoms with van der Waals surface area (Å²) in [6, 6.07) is 0.229. The van der Waals surface area contributed by atoms with Crippen LogP contribution in [0.2, 0.25) is 0 Å². The largest absolute Gasteiger partial charge is 0.353 e. The molecule has 0 bridgehead atoms. The van der Waals surface area contributed by atoms with Gasteiger partial charge in [0.1, 0.15) is 0 Å². The SMILES string of the molecule is CNC[C@H](C)NC(C)=O. The number of likely N-dealkylation sites (N-methyl/N-ethyl adjacent to an activating group) is 1. The Balaban J connectivity index is 3.26. The van der Waals surface area contributed by atoms with Crippen LogP contribution in [0.15, 0.2) is 0 Å². The van der Waals surface area contributed by atoms with Crippen molar-refractivity contribution in [3.63, 3.8) is 0 Å². The van der Waals surface area contributed by atoms with E-state index in [0.717, 1.165) is 6.54 Å². The van der Waals surface area contributed by atoms with Crippen molar-refractivity contribution in [2.45, 2.75) is 19.9 Å². The van der Waals surface area contributed by atoms with E-state index in [1.807, 2.05) is 14.0 Å². The van der Waals surface area contributed by atoms with Crippen molar-refractivity contribution in [1.29, 1.82) is 0 Å². The van der Waals surface area contributed by atoms with Crippen LogP contribution in [0.25, 0.3) is 0 Å². The van der Waals surface area contributed by atoms with Gasteiger partial charge in [-0.15, -0.1) is 0 Å². The van der Waals surface area contributed by atoms with Crippen molar-refractivity contribution in [2.75, 3.05) is 13.6 Å². The first-order valence-corrected chi connectivity index (χ1v) is 3.08. The van der Waals surface area contributed by atoms with Crippen molar-refractivity contribution in [2.24, 2.45) is 0 Å². The van der Waals surface area contributed by atoms with Crippen molar-refractivity contribution >= 4 is 5.91 Å². The molecule has 1 atom stereocenters. The van der Waals surface area contributed by atoms with Crippen LogP contribution in [-0.4, -0.2) is 25.5 Å². The van der Waals surface area contributed by atoms with Crippen LogP contribution in [-0.2, 0) is 4.79 Å². The molecule has 0 aliphatic carbocycles. The molecule has 0 aromatic carbocycles. The molecular formula is C6H14N2O. The second kappa shape index (κ2) is 4.32. The van der Waals surface area contributed by atoms with Crippen LogP contribution >= 0.6 is 0 Å². The van der Waals surface area contributed by atoms with E-state index in [0.29, 0.717) is 0 Å². The number of carbonyl (C=O) groups excluding carboxylic acids is 1. The molecule has 2 N–H and O–H groups in total. The summed E-state index contributed by atoms with van der Waals surface area (Å²) >= 11 is 0. The summed E-state index contributed by atoms with van der Waals surface area (Å²) < 4.78 is 0. The van der Waals surface area contributed by atoms with E-state index in [1.54, 1.807) is 0 Å². The van der Waals surface area contributed by atoms with Crippen molar-refractivity contribution < 1.29 is 4.79 Å². The second-order valence-corrected chi connectivity index (χ2v) is 2.16. The topological polar surface area (TPSA) is 41.1 Å². The lowest BCUT2D eigenvalue weighted by Gasteiger charge is -2.10. The first-order chi connectivity index (χ1) is 4.16. The molecule has 0 saturated carbocycles. The molecule has 0 aliphatic heterocycles. The summed E-state index contributed by atoms with van der Waals surface area (Å²) in [5.74, 6) is 0.0257. The molecule has 0 rings (SSSR count). The number of rotatable bonds is 3. The molecule has 0 aromatic heterocycles. The molecule has 54 valence electrons. The van der Waals surface area contributed by atoms with Gasteiger partial charge in [-0.25, -0.2) is 0 Å². The van der Waals surface area contributed by atoms with Crippen LogP contribution < -0.4 is 10.6 Å². The predicted octanol–water partition coefficient (Wildman–Crippen LogP) is -0.270. The zero-order valence-corrected chi connectivity index (χ0v) is 6.19. The van der Waals surface area contributed by atoms with E-state index in [4.69, 9.17) is 0 Å². The predicted molar refractivity (Wildman–Crippen MR) is 37.2 cm³/mol. The molecule has 3 heteroatoms. The maximum Gasteiger partial charge on any atom is 0.217 e. The summed E-state index contributed by atoms with van der Waals surface area (Å²) in [4.78, 5) is 10.4. The van der Waals surface area contributed by atoms with Gasteiger partial charge in [0.2, 0.25) is 5.91 Å². The Hall–Kier alpha value is -0.570. The van der Waals surface area contributed by atoms with Crippen molar-refractivity contribution in [3.05, 3.63) is 0 Å². The molecule has 0 radical (unpaired) electrons. The van der Waals surface area contributed by atoms with E-state index >= 15 is 0 Å². The highest BCUT2D eigenvalue weighted by Crippen LogP contribution is 1.75. The summed E-state index contributed by atoms with van der Waals surface area (Å²) in [5, 5.41) is 5.70. The second-order valence-electron chi connectivity index (χ2n) is 2.16. The first-order valence-electron chi connectivity index (χ1n) is 3.08. The highest BCUT2D eigenvalue weighted by molar-refractivity contribution is 5.73. The van der Waals surface area contributed by atoms with Crippen molar-refractivity contribution in [1.82, 2.24) is 10.6 Å². The minimum atomic E-state index is 0.0257. The molecule has 0 aliphatic rings. The highest BCUT2D eigenvalue weighted by atomic mass is 16.1. The van der Waals surface area contributed by atoms with Crippen LogP contribution in [0.5, 0.6) is 0 Å². The van der Waals surface area contributed by atoms with Gasteiger partial charge in [-0.3, -0.25) is 4.79 Å². The third kappa shape index (κ3) is 5.30. The summed E-state index contributed by atoms with van der Waals surface area (Å²) in [5.41, 5.74) is 0. The van der Waals surface area contributed by atoms with Gasteiger partial charge in [0, 0.05) is 19.5 Å². The maximum atomic E-state index is 10.4. The van der Waals surface area contributed by atoms with E-state index in [1.165, 1.54) is 6.92 Å². The van der Waals surface area contributed by atoms with Gasteiger partial charge in [-0.2, -0.15) is 0 Å². The number of amides is 1. The molecule has 0 saturated heterocycles. The number of carbonyl (C=O) groups is 1. The monoisotopic (exact) mass is 130 g/mol. The van der Waals surface area contributed by atoms with Gasteiger partial charge in [0.25, 0.3) is 0 Å². The minimum absolute atomic E-state index is 0.0257. The van der Waals surface area contributed by atoms with Gasteiger partial charge in [0.15, 0.2) is 0 Å². The van der Waals surface area contributed by atoms with E-state index in [2.05, 4.69) is 10.6 Å². The molecule has 0 fully saturated rings. The van der Waals surface area contributed by atoms with Gasteiger partial charge in [0.05, 0.1) is 0 Å². The van der Waals surface area contributed by atoms with Gasteiger partial charge < -0.3 is 10.6 Å². The average Bonchev–Trinajstić information content (AvgIpc) is 1.63. The fourth-order valence-corrected chi connectivity index (χ4v) is 0.704. The Morgan fingerprint density at radius 3 is 2.56 bits per heavy atom. The fourth-order valence-electron chi connectivity index (χ4n) is 0.704. The third-order valence-electron chi connectivity index (χ3n) is 0.960. The molecule has 0 spiro atoms. The summed E-state index contributed by atoms with van der Waals surface area (Å²) in [6.45, 7) is 4.30. The highest BCUT2D eigenvalue weighted by Gasteiger charge is 1.98. The van der Waals surface area contributed by atoms with Gasteiger partial charge in [-0.05, 0) is 14.0 Å². The summed E-state index contributed by atoms with van der Waals surface area (Å²) in [6.07, 6.45) is 0. The lowest BCUT2D eigenvalue weighted by atomic mass is 10.3. The third-order valence-corrected chi connectivity index (χ3v) is 0.960. The number of hydrogen-bond donors (Lipinski definition) is 2. The molecule has 3 nitrogen and oxygen atoms in total. The van der Waals surface area contributed by atoms with Crippen LogP contribution in [0.1, 0.15) is 13.8 Å². The van der Waals surface area contributed by atoms with E-state index < -0.39 is 0 Å². The standard InChI is InChI=1S/C6H14N2O/c1-5(4-7-3)8-6(2)9/h5,7H,4H2,1-3H3,(H,8,9)/t5-/m0/s1. The Bertz CT molecular complexity index is 93.1. The molecule has 0 unspecified atom stereocenters. The lowest BCUT2D eigenvalue weighted by molar-refractivity contribution is -0.119. The first kappa shape index (κ1) is 8.43. The zero-order valence-electron chi connectivity index (χ0n) is 6.19. The lowest BCUT2D eigenvalue weighted by Crippen LogP contribution is -2.37. The summed E-state index contributed by atoms with van der Waals surface area (Å²) in [7, 11) is 1.86.